The third kappa shape index (κ3) is 5.41. The predicted octanol–water partition coefficient (Wildman–Crippen LogP) is 11.3. The Morgan fingerprint density at radius 2 is 1.25 bits per heavy atom. The number of rotatable bonds is 6. The first-order valence-electron chi connectivity index (χ1n) is 16.9. The molecule has 0 fully saturated rings. The van der Waals surface area contributed by atoms with E-state index in [0.717, 1.165) is 38.9 Å². The van der Waals surface area contributed by atoms with E-state index in [1.807, 2.05) is 30.6 Å². The van der Waals surface area contributed by atoms with Gasteiger partial charge in [-0.25, -0.2) is 0 Å². The van der Waals surface area contributed by atoms with Crippen molar-refractivity contribution in [3.8, 4) is 45.0 Å². The minimum Gasteiger partial charge on any atom is -0.503 e. The van der Waals surface area contributed by atoms with E-state index in [9.17, 15) is 0 Å². The van der Waals surface area contributed by atoms with Crippen LogP contribution in [-0.4, -0.2) is 9.97 Å². The van der Waals surface area contributed by atoms with Gasteiger partial charge in [-0.05, 0) is 87.5 Å². The molecule has 9 rings (SSSR count). The zero-order valence-electron chi connectivity index (χ0n) is 28.1. The van der Waals surface area contributed by atoms with Gasteiger partial charge in [-0.3, -0.25) is 4.98 Å². The van der Waals surface area contributed by atoms with E-state index in [-0.39, 0.29) is 21.1 Å². The molecule has 1 aliphatic carbocycles. The van der Waals surface area contributed by atoms with Crippen LogP contribution in [0.2, 0.25) is 0 Å². The molecule has 2 heterocycles. The van der Waals surface area contributed by atoms with Crippen molar-refractivity contribution in [2.24, 2.45) is 0 Å². The van der Waals surface area contributed by atoms with Crippen LogP contribution in [0.15, 0.2) is 158 Å². The predicted molar refractivity (Wildman–Crippen MR) is 201 cm³/mol. The summed E-state index contributed by atoms with van der Waals surface area (Å²) >= 11 is 0. The molecule has 0 bridgehead atoms. The van der Waals surface area contributed by atoms with Crippen LogP contribution in [0.1, 0.15) is 33.5 Å². The van der Waals surface area contributed by atoms with Crippen LogP contribution in [0.5, 0.6) is 11.5 Å². The van der Waals surface area contributed by atoms with Crippen LogP contribution in [0.25, 0.3) is 44.3 Å². The smallest absolute Gasteiger partial charge is 0.503 e. The van der Waals surface area contributed by atoms with Gasteiger partial charge in [0.2, 0.25) is 0 Å². The average Bonchev–Trinajstić information content (AvgIpc) is 3.46. The van der Waals surface area contributed by atoms with Crippen molar-refractivity contribution in [2.75, 3.05) is 0 Å². The molecule has 0 atom stereocenters. The fourth-order valence-corrected chi connectivity index (χ4v) is 7.84. The minimum absolute atomic E-state index is 0. The van der Waals surface area contributed by atoms with Crippen molar-refractivity contribution in [2.45, 2.75) is 19.3 Å². The number of benzene rings is 6. The van der Waals surface area contributed by atoms with E-state index < -0.39 is 5.41 Å². The zero-order chi connectivity index (χ0) is 33.7. The zero-order valence-corrected chi connectivity index (χ0v) is 30.4. The SMILES string of the molecule is Cc1cccc(C)c1-c1cc(Oc2[c-]c(C3(c4ccccn4)c4ccccc4-c4ccccc43)ccc2)[c-]c(-c2nccc3ccccc23)c1.[Pt+2]. The molecule has 0 N–H and O–H groups in total. The number of aromatic nitrogens is 2. The summed E-state index contributed by atoms with van der Waals surface area (Å²) in [7, 11) is 0. The maximum Gasteiger partial charge on any atom is 2.00 e. The first kappa shape index (κ1) is 32.6. The van der Waals surface area contributed by atoms with Gasteiger partial charge in [-0.2, -0.15) is 12.1 Å². The summed E-state index contributed by atoms with van der Waals surface area (Å²) in [5, 5.41) is 2.20. The number of pyridine rings is 2. The van der Waals surface area contributed by atoms with Crippen molar-refractivity contribution >= 4 is 10.8 Å². The number of aryl methyl sites for hydroxylation is 2. The third-order valence-electron chi connectivity index (χ3n) is 9.94. The molecule has 4 heteroatoms. The van der Waals surface area contributed by atoms with Crippen molar-refractivity contribution < 1.29 is 25.8 Å². The van der Waals surface area contributed by atoms with Crippen LogP contribution < -0.4 is 4.74 Å². The van der Waals surface area contributed by atoms with E-state index in [4.69, 9.17) is 14.7 Å². The van der Waals surface area contributed by atoms with E-state index in [1.165, 1.54) is 38.9 Å². The summed E-state index contributed by atoms with van der Waals surface area (Å²) in [6, 6.07) is 58.0. The first-order valence-corrected chi connectivity index (χ1v) is 16.9. The Labute approximate surface area is 312 Å². The van der Waals surface area contributed by atoms with Crippen molar-refractivity contribution in [3.05, 3.63) is 204 Å². The molecular formula is C47H32N2OPt. The van der Waals surface area contributed by atoms with E-state index in [2.05, 4.69) is 153 Å². The van der Waals surface area contributed by atoms with E-state index >= 15 is 0 Å². The summed E-state index contributed by atoms with van der Waals surface area (Å²) in [5.74, 6) is 1.20. The fourth-order valence-electron chi connectivity index (χ4n) is 7.84. The second kappa shape index (κ2) is 13.2. The van der Waals surface area contributed by atoms with Gasteiger partial charge in [-0.15, -0.1) is 29.3 Å². The average molecular weight is 836 g/mol. The number of hydrogen-bond acceptors (Lipinski definition) is 3. The van der Waals surface area contributed by atoms with Gasteiger partial charge in [0.05, 0.1) is 11.1 Å². The molecule has 8 aromatic rings. The minimum atomic E-state index is -0.671. The Morgan fingerprint density at radius 1 is 0.569 bits per heavy atom. The molecule has 0 aliphatic heterocycles. The Bertz CT molecular complexity index is 2490. The Kier molecular flexibility index (Phi) is 8.46. The largest absolute Gasteiger partial charge is 2.00 e. The monoisotopic (exact) mass is 835 g/mol. The molecule has 0 saturated carbocycles. The van der Waals surface area contributed by atoms with Gasteiger partial charge in [0, 0.05) is 23.9 Å². The fraction of sp³-hybridized carbons (Fsp3) is 0.0638. The van der Waals surface area contributed by atoms with Gasteiger partial charge in [0.1, 0.15) is 0 Å². The molecular weight excluding hydrogens is 804 g/mol. The van der Waals surface area contributed by atoms with E-state index in [1.54, 1.807) is 0 Å². The van der Waals surface area contributed by atoms with Gasteiger partial charge >= 0.3 is 21.1 Å². The number of fused-ring (bicyclic) bond motifs is 4. The van der Waals surface area contributed by atoms with Crippen LogP contribution in [0.3, 0.4) is 0 Å². The summed E-state index contributed by atoms with van der Waals surface area (Å²) in [5.41, 5.74) is 12.4. The molecule has 0 amide bonds. The summed E-state index contributed by atoms with van der Waals surface area (Å²) in [6.45, 7) is 4.31. The van der Waals surface area contributed by atoms with Gasteiger partial charge < -0.3 is 9.72 Å². The van der Waals surface area contributed by atoms with Crippen LogP contribution in [-0.2, 0) is 26.5 Å². The summed E-state index contributed by atoms with van der Waals surface area (Å²) in [6.07, 6.45) is 3.74. The Balaban J connectivity index is 0.00000374. The molecule has 0 saturated heterocycles. The molecule has 2 aromatic heterocycles. The third-order valence-corrected chi connectivity index (χ3v) is 9.94. The van der Waals surface area contributed by atoms with Gasteiger partial charge in [-0.1, -0.05) is 115 Å². The molecule has 0 spiro atoms. The number of hydrogen-bond donors (Lipinski definition) is 0. The van der Waals surface area contributed by atoms with Crippen LogP contribution >= 0.6 is 0 Å². The molecule has 1 aliphatic rings. The molecule has 0 unspecified atom stereocenters. The van der Waals surface area contributed by atoms with Crippen molar-refractivity contribution in [3.63, 3.8) is 0 Å². The Hall–Kier alpha value is -5.63. The van der Waals surface area contributed by atoms with Crippen molar-refractivity contribution in [1.82, 2.24) is 9.97 Å². The molecule has 6 aromatic carbocycles. The molecule has 0 radical (unpaired) electrons. The van der Waals surface area contributed by atoms with Gasteiger partial charge in [0.25, 0.3) is 0 Å². The standard InChI is InChI=1S/C47H32N2O.Pt/c1-31-13-11-14-32(2)45(31)34-27-35(46-39-18-4-3-15-33(39)24-26-49-46)29-38(28-34)50-37-17-12-16-36(30-37)47(44-23-9-10-25-48-44)42-21-7-5-19-40(42)41-20-6-8-22-43(41)47;/h3-28H,1-2H3;/q-2;+2. The Morgan fingerprint density at radius 3 is 2.00 bits per heavy atom. The maximum absolute atomic E-state index is 6.79. The van der Waals surface area contributed by atoms with Crippen LogP contribution in [0, 0.1) is 26.0 Å². The quantitative estimate of drug-likeness (QED) is 0.157. The maximum atomic E-state index is 6.79. The number of nitrogens with zero attached hydrogens (tertiary/aromatic N) is 2. The van der Waals surface area contributed by atoms with Gasteiger partial charge in [0.15, 0.2) is 0 Å². The molecule has 3 nitrogen and oxygen atoms in total. The van der Waals surface area contributed by atoms with Crippen molar-refractivity contribution in [1.29, 1.82) is 0 Å². The summed E-state index contributed by atoms with van der Waals surface area (Å²) in [4.78, 5) is 9.83. The molecule has 246 valence electrons. The second-order valence-corrected chi connectivity index (χ2v) is 12.9. The second-order valence-electron chi connectivity index (χ2n) is 12.9. The molecule has 51 heavy (non-hydrogen) atoms. The first-order chi connectivity index (χ1) is 24.6. The van der Waals surface area contributed by atoms with E-state index in [0.29, 0.717) is 11.5 Å². The number of ether oxygens (including phenoxy) is 1. The van der Waals surface area contributed by atoms with Crippen LogP contribution in [0.4, 0.5) is 0 Å². The topological polar surface area (TPSA) is 35.0 Å². The normalized spacial score (nSPS) is 12.5. The summed E-state index contributed by atoms with van der Waals surface area (Å²) < 4.78 is 6.79.